The molecule has 1 amide bonds. The highest BCUT2D eigenvalue weighted by molar-refractivity contribution is 5.91. The second-order valence-corrected chi connectivity index (χ2v) is 6.61. The molecule has 0 spiro atoms. The molecule has 1 fully saturated rings. The molecule has 1 aliphatic rings. The second-order valence-electron chi connectivity index (χ2n) is 6.61. The van der Waals surface area contributed by atoms with E-state index in [0.717, 1.165) is 23.3 Å². The van der Waals surface area contributed by atoms with Gasteiger partial charge in [-0.25, -0.2) is 9.97 Å². The molecule has 2 heterocycles. The Balaban J connectivity index is 1.73. The molecule has 0 unspecified atom stereocenters. The maximum absolute atomic E-state index is 12.3. The summed E-state index contributed by atoms with van der Waals surface area (Å²) < 4.78 is 7.11. The number of pyridine rings is 1. The number of imidazole rings is 1. The number of anilines is 1. The SMILES string of the molecule is COCCn1c(NC(=O)CCC2CCCC2)nc2ccc(C)nc21. The highest BCUT2D eigenvalue weighted by Crippen LogP contribution is 2.28. The van der Waals surface area contributed by atoms with Crippen LogP contribution in [0.4, 0.5) is 5.95 Å². The zero-order valence-corrected chi connectivity index (χ0v) is 14.5. The van der Waals surface area contributed by atoms with Crippen molar-refractivity contribution in [2.45, 2.75) is 52.0 Å². The Morgan fingerprint density at radius 3 is 2.88 bits per heavy atom. The van der Waals surface area contributed by atoms with Gasteiger partial charge in [0, 0.05) is 19.2 Å². The Kier molecular flexibility index (Phi) is 5.45. The fourth-order valence-corrected chi connectivity index (χ4v) is 3.41. The first-order valence-corrected chi connectivity index (χ1v) is 8.80. The van der Waals surface area contributed by atoms with Gasteiger partial charge in [-0.1, -0.05) is 25.7 Å². The molecular formula is C18H26N4O2. The number of ether oxygens (including phenoxy) is 1. The third kappa shape index (κ3) is 3.93. The van der Waals surface area contributed by atoms with Crippen LogP contribution in [-0.2, 0) is 16.1 Å². The Morgan fingerprint density at radius 1 is 1.33 bits per heavy atom. The number of nitrogens with one attached hydrogen (secondary N) is 1. The summed E-state index contributed by atoms with van der Waals surface area (Å²) in [6, 6.07) is 3.87. The van der Waals surface area contributed by atoms with Crippen molar-refractivity contribution in [3.05, 3.63) is 17.8 Å². The lowest BCUT2D eigenvalue weighted by atomic mass is 10.0. The maximum atomic E-state index is 12.3. The van der Waals surface area contributed by atoms with Crippen LogP contribution in [0, 0.1) is 12.8 Å². The van der Waals surface area contributed by atoms with Gasteiger partial charge >= 0.3 is 0 Å². The van der Waals surface area contributed by atoms with Gasteiger partial charge in [0.15, 0.2) is 5.65 Å². The summed E-state index contributed by atoms with van der Waals surface area (Å²) in [5, 5.41) is 2.97. The summed E-state index contributed by atoms with van der Waals surface area (Å²) in [4.78, 5) is 21.4. The molecular weight excluding hydrogens is 304 g/mol. The zero-order valence-electron chi connectivity index (χ0n) is 14.5. The van der Waals surface area contributed by atoms with Crippen molar-refractivity contribution in [3.8, 4) is 0 Å². The van der Waals surface area contributed by atoms with E-state index in [1.54, 1.807) is 7.11 Å². The summed E-state index contributed by atoms with van der Waals surface area (Å²) in [5.41, 5.74) is 2.51. The molecule has 1 saturated carbocycles. The summed E-state index contributed by atoms with van der Waals surface area (Å²) in [6.45, 7) is 3.11. The van der Waals surface area contributed by atoms with Crippen LogP contribution in [0.3, 0.4) is 0 Å². The number of hydrogen-bond donors (Lipinski definition) is 1. The third-order valence-corrected chi connectivity index (χ3v) is 4.76. The number of rotatable bonds is 7. The molecule has 0 atom stereocenters. The van der Waals surface area contributed by atoms with Crippen molar-refractivity contribution in [2.24, 2.45) is 5.92 Å². The van der Waals surface area contributed by atoms with E-state index >= 15 is 0 Å². The lowest BCUT2D eigenvalue weighted by molar-refractivity contribution is -0.116. The molecule has 6 heteroatoms. The van der Waals surface area contributed by atoms with Gasteiger partial charge in [-0.3, -0.25) is 14.7 Å². The standard InChI is InChI=1S/C18H26N4O2/c1-13-7-9-15-17(19-13)22(11-12-24-2)18(20-15)21-16(23)10-8-14-5-3-4-6-14/h7,9,14H,3-6,8,10-12H2,1-2H3,(H,20,21,23). The van der Waals surface area contributed by atoms with E-state index in [2.05, 4.69) is 15.3 Å². The van der Waals surface area contributed by atoms with Gasteiger partial charge in [0.2, 0.25) is 11.9 Å². The summed E-state index contributed by atoms with van der Waals surface area (Å²) in [6.07, 6.45) is 6.69. The van der Waals surface area contributed by atoms with Crippen molar-refractivity contribution < 1.29 is 9.53 Å². The minimum atomic E-state index is 0.0348. The lowest BCUT2D eigenvalue weighted by Crippen LogP contribution is -2.17. The number of nitrogens with zero attached hydrogens (tertiary/aromatic N) is 3. The normalized spacial score (nSPS) is 15.2. The number of methoxy groups -OCH3 is 1. The van der Waals surface area contributed by atoms with Crippen LogP contribution in [0.2, 0.25) is 0 Å². The number of amides is 1. The van der Waals surface area contributed by atoms with Gasteiger partial charge in [-0.15, -0.1) is 0 Å². The predicted octanol–water partition coefficient (Wildman–Crippen LogP) is 3.30. The molecule has 3 rings (SSSR count). The number of hydrogen-bond acceptors (Lipinski definition) is 4. The molecule has 130 valence electrons. The van der Waals surface area contributed by atoms with Crippen molar-refractivity contribution in [3.63, 3.8) is 0 Å². The Bertz CT molecular complexity index is 704. The molecule has 2 aromatic rings. The van der Waals surface area contributed by atoms with Crippen LogP contribution in [0.1, 0.15) is 44.2 Å². The summed E-state index contributed by atoms with van der Waals surface area (Å²) in [7, 11) is 1.66. The Labute approximate surface area is 142 Å². The molecule has 1 N–H and O–H groups in total. The fraction of sp³-hybridized carbons (Fsp3) is 0.611. The van der Waals surface area contributed by atoms with Crippen molar-refractivity contribution in [1.29, 1.82) is 0 Å². The second kappa shape index (κ2) is 7.75. The Hall–Kier alpha value is -1.95. The van der Waals surface area contributed by atoms with Crippen LogP contribution < -0.4 is 5.32 Å². The number of carbonyl (C=O) groups excluding carboxylic acids is 1. The highest BCUT2D eigenvalue weighted by Gasteiger charge is 2.18. The molecule has 6 nitrogen and oxygen atoms in total. The first-order chi connectivity index (χ1) is 11.7. The van der Waals surface area contributed by atoms with Crippen LogP contribution in [0.25, 0.3) is 11.2 Å². The topological polar surface area (TPSA) is 69.0 Å². The maximum Gasteiger partial charge on any atom is 0.226 e. The van der Waals surface area contributed by atoms with E-state index in [1.165, 1.54) is 25.7 Å². The summed E-state index contributed by atoms with van der Waals surface area (Å²) in [5.74, 6) is 1.32. The molecule has 24 heavy (non-hydrogen) atoms. The molecule has 0 aromatic carbocycles. The fourth-order valence-electron chi connectivity index (χ4n) is 3.41. The quantitative estimate of drug-likeness (QED) is 0.846. The van der Waals surface area contributed by atoms with Gasteiger partial charge in [0.05, 0.1) is 13.2 Å². The van der Waals surface area contributed by atoms with Gasteiger partial charge in [0.1, 0.15) is 5.52 Å². The number of carbonyl (C=O) groups is 1. The van der Waals surface area contributed by atoms with Crippen LogP contribution >= 0.6 is 0 Å². The van der Waals surface area contributed by atoms with Crippen LogP contribution in [0.15, 0.2) is 12.1 Å². The van der Waals surface area contributed by atoms with Crippen molar-refractivity contribution >= 4 is 23.0 Å². The minimum Gasteiger partial charge on any atom is -0.383 e. The Morgan fingerprint density at radius 2 is 2.12 bits per heavy atom. The number of fused-ring (bicyclic) bond motifs is 1. The third-order valence-electron chi connectivity index (χ3n) is 4.76. The monoisotopic (exact) mass is 330 g/mol. The largest absolute Gasteiger partial charge is 0.383 e. The van der Waals surface area contributed by atoms with E-state index < -0.39 is 0 Å². The number of aryl methyl sites for hydroxylation is 1. The van der Waals surface area contributed by atoms with E-state index in [-0.39, 0.29) is 5.91 Å². The smallest absolute Gasteiger partial charge is 0.226 e. The van der Waals surface area contributed by atoms with E-state index in [4.69, 9.17) is 4.74 Å². The predicted molar refractivity (Wildman–Crippen MR) is 94.0 cm³/mol. The van der Waals surface area contributed by atoms with E-state index in [0.29, 0.717) is 31.4 Å². The average Bonchev–Trinajstić information content (AvgIpc) is 3.19. The average molecular weight is 330 g/mol. The van der Waals surface area contributed by atoms with Crippen molar-refractivity contribution in [1.82, 2.24) is 14.5 Å². The molecule has 0 aliphatic heterocycles. The van der Waals surface area contributed by atoms with Gasteiger partial charge < -0.3 is 4.74 Å². The molecule has 2 aromatic heterocycles. The summed E-state index contributed by atoms with van der Waals surface area (Å²) >= 11 is 0. The number of aromatic nitrogens is 3. The van der Waals surface area contributed by atoms with Gasteiger partial charge in [-0.05, 0) is 31.4 Å². The molecule has 0 radical (unpaired) electrons. The van der Waals surface area contributed by atoms with E-state index in [1.807, 2.05) is 23.6 Å². The molecule has 1 aliphatic carbocycles. The van der Waals surface area contributed by atoms with Gasteiger partial charge in [0.25, 0.3) is 0 Å². The zero-order chi connectivity index (χ0) is 16.9. The van der Waals surface area contributed by atoms with Crippen LogP contribution in [0.5, 0.6) is 0 Å². The first kappa shape index (κ1) is 16.9. The van der Waals surface area contributed by atoms with Gasteiger partial charge in [-0.2, -0.15) is 0 Å². The molecule has 0 bridgehead atoms. The van der Waals surface area contributed by atoms with Crippen molar-refractivity contribution in [2.75, 3.05) is 19.0 Å². The first-order valence-electron chi connectivity index (χ1n) is 8.80. The van der Waals surface area contributed by atoms with Crippen LogP contribution in [-0.4, -0.2) is 34.2 Å². The highest BCUT2D eigenvalue weighted by atomic mass is 16.5. The minimum absolute atomic E-state index is 0.0348. The molecule has 0 saturated heterocycles. The van der Waals surface area contributed by atoms with E-state index in [9.17, 15) is 4.79 Å². The lowest BCUT2D eigenvalue weighted by Gasteiger charge is -2.11.